The predicted molar refractivity (Wildman–Crippen MR) is 57.2 cm³/mol. The molecule has 0 radical (unpaired) electrons. The molecule has 1 heterocycles. The SMILES string of the molecule is Cc1cc(C)c2sc(CO)cc2c1. The highest BCUT2D eigenvalue weighted by Crippen LogP contribution is 2.29. The van der Waals surface area contributed by atoms with Crippen LogP contribution < -0.4 is 0 Å². The second-order valence-electron chi connectivity index (χ2n) is 3.37. The van der Waals surface area contributed by atoms with Crippen LogP contribution in [0.1, 0.15) is 16.0 Å². The third-order valence-corrected chi connectivity index (χ3v) is 3.42. The number of aliphatic hydroxyl groups excluding tert-OH is 1. The van der Waals surface area contributed by atoms with Crippen molar-refractivity contribution in [3.63, 3.8) is 0 Å². The van der Waals surface area contributed by atoms with Gasteiger partial charge < -0.3 is 5.11 Å². The molecule has 0 fully saturated rings. The molecule has 1 nitrogen and oxygen atoms in total. The zero-order chi connectivity index (χ0) is 9.42. The minimum atomic E-state index is 0.151. The molecular weight excluding hydrogens is 180 g/mol. The molecule has 68 valence electrons. The van der Waals surface area contributed by atoms with Crippen LogP contribution >= 0.6 is 11.3 Å². The van der Waals surface area contributed by atoms with Crippen LogP contribution in [0.3, 0.4) is 0 Å². The van der Waals surface area contributed by atoms with Crippen LogP contribution in [0.25, 0.3) is 10.1 Å². The minimum Gasteiger partial charge on any atom is -0.391 e. The summed E-state index contributed by atoms with van der Waals surface area (Å²) >= 11 is 1.68. The molecule has 0 saturated heterocycles. The molecule has 1 aromatic carbocycles. The number of hydrogen-bond donors (Lipinski definition) is 1. The van der Waals surface area contributed by atoms with E-state index in [2.05, 4.69) is 32.0 Å². The molecule has 0 unspecified atom stereocenters. The Kier molecular flexibility index (Phi) is 2.10. The number of benzene rings is 1. The summed E-state index contributed by atoms with van der Waals surface area (Å²) < 4.78 is 1.30. The summed E-state index contributed by atoms with van der Waals surface area (Å²) in [4.78, 5) is 1.05. The van der Waals surface area contributed by atoms with E-state index in [0.717, 1.165) is 4.88 Å². The molecule has 2 heteroatoms. The molecule has 2 aromatic rings. The van der Waals surface area contributed by atoms with Gasteiger partial charge >= 0.3 is 0 Å². The van der Waals surface area contributed by atoms with Crippen molar-refractivity contribution in [1.82, 2.24) is 0 Å². The predicted octanol–water partition coefficient (Wildman–Crippen LogP) is 3.01. The maximum atomic E-state index is 9.01. The van der Waals surface area contributed by atoms with Gasteiger partial charge in [0.2, 0.25) is 0 Å². The summed E-state index contributed by atoms with van der Waals surface area (Å²) in [5.74, 6) is 0. The molecule has 1 N–H and O–H groups in total. The lowest BCUT2D eigenvalue weighted by atomic mass is 10.1. The van der Waals surface area contributed by atoms with Crippen LogP contribution in [0, 0.1) is 13.8 Å². The highest BCUT2D eigenvalue weighted by atomic mass is 32.1. The number of aliphatic hydroxyl groups is 1. The zero-order valence-corrected chi connectivity index (χ0v) is 8.61. The van der Waals surface area contributed by atoms with Crippen molar-refractivity contribution in [2.45, 2.75) is 20.5 Å². The first-order valence-electron chi connectivity index (χ1n) is 4.31. The van der Waals surface area contributed by atoms with E-state index in [1.54, 1.807) is 11.3 Å². The Hall–Kier alpha value is -0.860. The minimum absolute atomic E-state index is 0.151. The molecule has 0 saturated carbocycles. The second kappa shape index (κ2) is 3.13. The zero-order valence-electron chi connectivity index (χ0n) is 7.79. The lowest BCUT2D eigenvalue weighted by molar-refractivity contribution is 0.285. The fourth-order valence-electron chi connectivity index (χ4n) is 1.65. The molecule has 1 aromatic heterocycles. The molecule has 0 atom stereocenters. The van der Waals surface area contributed by atoms with Gasteiger partial charge in [-0.05, 0) is 30.9 Å². The van der Waals surface area contributed by atoms with E-state index >= 15 is 0 Å². The van der Waals surface area contributed by atoms with Crippen molar-refractivity contribution in [1.29, 1.82) is 0 Å². The Morgan fingerprint density at radius 1 is 1.23 bits per heavy atom. The van der Waals surface area contributed by atoms with E-state index in [0.29, 0.717) is 0 Å². The first-order valence-corrected chi connectivity index (χ1v) is 5.13. The van der Waals surface area contributed by atoms with Crippen LogP contribution in [-0.4, -0.2) is 5.11 Å². The molecule has 0 bridgehead atoms. The van der Waals surface area contributed by atoms with Gasteiger partial charge in [0, 0.05) is 9.58 Å². The van der Waals surface area contributed by atoms with Crippen LogP contribution in [0.5, 0.6) is 0 Å². The summed E-state index contributed by atoms with van der Waals surface area (Å²) in [5.41, 5.74) is 2.59. The third-order valence-electron chi connectivity index (χ3n) is 2.15. The normalized spacial score (nSPS) is 11.0. The molecule has 2 rings (SSSR count). The highest BCUT2D eigenvalue weighted by molar-refractivity contribution is 7.19. The van der Waals surface area contributed by atoms with Crippen molar-refractivity contribution in [3.8, 4) is 0 Å². The summed E-state index contributed by atoms with van der Waals surface area (Å²) in [6, 6.07) is 6.41. The lowest BCUT2D eigenvalue weighted by Crippen LogP contribution is -1.75. The maximum absolute atomic E-state index is 9.01. The van der Waals surface area contributed by atoms with Gasteiger partial charge in [-0.25, -0.2) is 0 Å². The van der Waals surface area contributed by atoms with Crippen molar-refractivity contribution in [2.24, 2.45) is 0 Å². The Bertz CT molecular complexity index is 443. The fraction of sp³-hybridized carbons (Fsp3) is 0.273. The molecule has 0 aliphatic carbocycles. The van der Waals surface area contributed by atoms with E-state index in [1.165, 1.54) is 21.2 Å². The van der Waals surface area contributed by atoms with E-state index in [9.17, 15) is 0 Å². The molecule has 0 aliphatic heterocycles. The van der Waals surface area contributed by atoms with Gasteiger partial charge in [-0.3, -0.25) is 0 Å². The van der Waals surface area contributed by atoms with Crippen molar-refractivity contribution < 1.29 is 5.11 Å². The summed E-state index contributed by atoms with van der Waals surface area (Å²) in [5, 5.41) is 10.3. The summed E-state index contributed by atoms with van der Waals surface area (Å²) in [6.07, 6.45) is 0. The van der Waals surface area contributed by atoms with Crippen LogP contribution in [0.15, 0.2) is 18.2 Å². The maximum Gasteiger partial charge on any atom is 0.0774 e. The van der Waals surface area contributed by atoms with Crippen molar-refractivity contribution in [3.05, 3.63) is 34.2 Å². The number of hydrogen-bond acceptors (Lipinski definition) is 2. The molecule has 0 amide bonds. The average molecular weight is 192 g/mol. The van der Waals surface area contributed by atoms with Gasteiger partial charge in [0.15, 0.2) is 0 Å². The van der Waals surface area contributed by atoms with E-state index < -0.39 is 0 Å². The molecule has 0 spiro atoms. The third kappa shape index (κ3) is 1.47. The Morgan fingerprint density at radius 2 is 2.00 bits per heavy atom. The smallest absolute Gasteiger partial charge is 0.0774 e. The Morgan fingerprint density at radius 3 is 2.69 bits per heavy atom. The second-order valence-corrected chi connectivity index (χ2v) is 4.51. The topological polar surface area (TPSA) is 20.2 Å². The van der Waals surface area contributed by atoms with Gasteiger partial charge in [0.05, 0.1) is 6.61 Å². The van der Waals surface area contributed by atoms with Gasteiger partial charge in [-0.2, -0.15) is 0 Å². The molecule has 0 aliphatic rings. The van der Waals surface area contributed by atoms with Crippen LogP contribution in [-0.2, 0) is 6.61 Å². The number of aryl methyl sites for hydroxylation is 2. The molecule has 13 heavy (non-hydrogen) atoms. The lowest BCUT2D eigenvalue weighted by Gasteiger charge is -1.97. The Balaban J connectivity index is 2.75. The summed E-state index contributed by atoms with van der Waals surface area (Å²) in [6.45, 7) is 4.37. The Labute approximate surface area is 81.6 Å². The average Bonchev–Trinajstić information content (AvgIpc) is 2.47. The monoisotopic (exact) mass is 192 g/mol. The standard InChI is InChI=1S/C11H12OS/c1-7-3-8(2)11-9(4-7)5-10(6-12)13-11/h3-5,12H,6H2,1-2H3. The van der Waals surface area contributed by atoms with E-state index in [-0.39, 0.29) is 6.61 Å². The van der Waals surface area contributed by atoms with Gasteiger partial charge in [0.25, 0.3) is 0 Å². The van der Waals surface area contributed by atoms with Crippen LogP contribution in [0.4, 0.5) is 0 Å². The van der Waals surface area contributed by atoms with Crippen molar-refractivity contribution in [2.75, 3.05) is 0 Å². The van der Waals surface area contributed by atoms with Crippen LogP contribution in [0.2, 0.25) is 0 Å². The fourth-order valence-corrected chi connectivity index (χ4v) is 2.61. The van der Waals surface area contributed by atoms with E-state index in [4.69, 9.17) is 5.11 Å². The first kappa shape index (κ1) is 8.73. The largest absolute Gasteiger partial charge is 0.391 e. The first-order chi connectivity index (χ1) is 6.20. The van der Waals surface area contributed by atoms with E-state index in [1.807, 2.05) is 0 Å². The summed E-state index contributed by atoms with van der Waals surface area (Å²) in [7, 11) is 0. The highest BCUT2D eigenvalue weighted by Gasteiger charge is 2.03. The van der Waals surface area contributed by atoms with Gasteiger partial charge in [-0.1, -0.05) is 17.7 Å². The number of thiophene rings is 1. The van der Waals surface area contributed by atoms with Crippen molar-refractivity contribution >= 4 is 21.4 Å². The quantitative estimate of drug-likeness (QED) is 0.736. The molecular formula is C11H12OS. The van der Waals surface area contributed by atoms with Gasteiger partial charge in [0.1, 0.15) is 0 Å². The van der Waals surface area contributed by atoms with Gasteiger partial charge in [-0.15, -0.1) is 11.3 Å². The number of rotatable bonds is 1. The number of fused-ring (bicyclic) bond motifs is 1.